The standard InChI is InChI=1S/C13H13ClN2O3S/c1-19-13(18)8-20-5-4-12(17)16-10-3-2-9(7-15)11(14)6-10/h2-3,6H,4-5,8H2,1H3,(H,16,17). The van der Waals surface area contributed by atoms with Gasteiger partial charge in [-0.2, -0.15) is 5.26 Å². The van der Waals surface area contributed by atoms with E-state index in [1.54, 1.807) is 12.1 Å². The molecule has 0 spiro atoms. The molecule has 20 heavy (non-hydrogen) atoms. The minimum absolute atomic E-state index is 0.178. The van der Waals surface area contributed by atoms with Crippen molar-refractivity contribution in [1.29, 1.82) is 5.26 Å². The van der Waals surface area contributed by atoms with Crippen LogP contribution in [0.2, 0.25) is 5.02 Å². The summed E-state index contributed by atoms with van der Waals surface area (Å²) in [5.41, 5.74) is 0.898. The number of methoxy groups -OCH3 is 1. The Balaban J connectivity index is 2.37. The van der Waals surface area contributed by atoms with E-state index in [1.807, 2.05) is 6.07 Å². The molecule has 106 valence electrons. The molecule has 1 N–H and O–H groups in total. The van der Waals surface area contributed by atoms with Crippen molar-refractivity contribution in [2.45, 2.75) is 6.42 Å². The fourth-order valence-corrected chi connectivity index (χ4v) is 2.27. The summed E-state index contributed by atoms with van der Waals surface area (Å²) in [4.78, 5) is 22.5. The molecule has 0 saturated heterocycles. The Morgan fingerprint density at radius 1 is 1.50 bits per heavy atom. The van der Waals surface area contributed by atoms with Crippen molar-refractivity contribution in [1.82, 2.24) is 0 Å². The summed E-state index contributed by atoms with van der Waals surface area (Å²) in [5, 5.41) is 11.7. The number of nitriles is 1. The largest absolute Gasteiger partial charge is 0.468 e. The number of nitrogens with zero attached hydrogens (tertiary/aromatic N) is 1. The predicted molar refractivity (Wildman–Crippen MR) is 78.8 cm³/mol. The Morgan fingerprint density at radius 3 is 2.85 bits per heavy atom. The number of benzene rings is 1. The topological polar surface area (TPSA) is 79.2 Å². The molecule has 1 aromatic carbocycles. The van der Waals surface area contributed by atoms with Gasteiger partial charge < -0.3 is 10.1 Å². The van der Waals surface area contributed by atoms with Crippen LogP contribution in [-0.2, 0) is 14.3 Å². The minimum Gasteiger partial charge on any atom is -0.468 e. The Hall–Kier alpha value is -1.71. The SMILES string of the molecule is COC(=O)CSCCC(=O)Nc1ccc(C#N)c(Cl)c1. The molecule has 0 radical (unpaired) electrons. The number of anilines is 1. The zero-order valence-corrected chi connectivity index (χ0v) is 12.4. The zero-order chi connectivity index (χ0) is 15.0. The van der Waals surface area contributed by atoms with Crippen LogP contribution in [0, 0.1) is 11.3 Å². The molecule has 1 amide bonds. The van der Waals surface area contributed by atoms with Crippen molar-refractivity contribution >= 4 is 40.9 Å². The maximum Gasteiger partial charge on any atom is 0.315 e. The Bertz CT molecular complexity index is 543. The molecule has 7 heteroatoms. The summed E-state index contributed by atoms with van der Waals surface area (Å²) in [6.07, 6.45) is 0.277. The molecule has 1 rings (SSSR count). The number of esters is 1. The molecular weight excluding hydrogens is 300 g/mol. The highest BCUT2D eigenvalue weighted by molar-refractivity contribution is 7.99. The van der Waals surface area contributed by atoms with Gasteiger partial charge in [0.2, 0.25) is 5.91 Å². The third-order valence-electron chi connectivity index (χ3n) is 2.29. The van der Waals surface area contributed by atoms with Crippen molar-refractivity contribution < 1.29 is 14.3 Å². The monoisotopic (exact) mass is 312 g/mol. The summed E-state index contributed by atoms with van der Waals surface area (Å²) in [6, 6.07) is 6.63. The number of carbonyl (C=O) groups excluding carboxylic acids is 2. The van der Waals surface area contributed by atoms with Gasteiger partial charge in [0.1, 0.15) is 6.07 Å². The van der Waals surface area contributed by atoms with Gasteiger partial charge in [0.25, 0.3) is 0 Å². The summed E-state index contributed by atoms with van der Waals surface area (Å²) in [5.74, 6) is 0.259. The average Bonchev–Trinajstić information content (AvgIpc) is 2.43. The van der Waals surface area contributed by atoms with Gasteiger partial charge in [-0.05, 0) is 18.2 Å². The van der Waals surface area contributed by atoms with Crippen LogP contribution in [-0.4, -0.2) is 30.5 Å². The first-order chi connectivity index (χ1) is 9.56. The number of carbonyl (C=O) groups is 2. The van der Waals surface area contributed by atoms with Crippen LogP contribution in [0.25, 0.3) is 0 Å². The van der Waals surface area contributed by atoms with E-state index >= 15 is 0 Å². The van der Waals surface area contributed by atoms with Gasteiger partial charge in [-0.25, -0.2) is 0 Å². The number of thioether (sulfide) groups is 1. The van der Waals surface area contributed by atoms with Gasteiger partial charge in [-0.1, -0.05) is 11.6 Å². The van der Waals surface area contributed by atoms with E-state index in [2.05, 4.69) is 10.1 Å². The number of amides is 1. The summed E-state index contributed by atoms with van der Waals surface area (Å²) in [7, 11) is 1.32. The van der Waals surface area contributed by atoms with Gasteiger partial charge in [-0.15, -0.1) is 11.8 Å². The molecule has 0 fully saturated rings. The lowest BCUT2D eigenvalue weighted by Gasteiger charge is -2.06. The minimum atomic E-state index is -0.311. The van der Waals surface area contributed by atoms with Crippen molar-refractivity contribution in [2.75, 3.05) is 23.9 Å². The smallest absolute Gasteiger partial charge is 0.315 e. The first-order valence-electron chi connectivity index (χ1n) is 5.71. The molecule has 0 unspecified atom stereocenters. The van der Waals surface area contributed by atoms with Crippen molar-refractivity contribution in [3.63, 3.8) is 0 Å². The normalized spacial score (nSPS) is 9.65. The second-order valence-electron chi connectivity index (χ2n) is 3.73. The van der Waals surface area contributed by atoms with E-state index in [0.717, 1.165) is 0 Å². The van der Waals surface area contributed by atoms with Crippen LogP contribution in [0.15, 0.2) is 18.2 Å². The quantitative estimate of drug-likeness (QED) is 0.644. The van der Waals surface area contributed by atoms with Crippen LogP contribution in [0.5, 0.6) is 0 Å². The lowest BCUT2D eigenvalue weighted by atomic mass is 10.2. The highest BCUT2D eigenvalue weighted by Crippen LogP contribution is 2.20. The van der Waals surface area contributed by atoms with Gasteiger partial charge >= 0.3 is 5.97 Å². The number of rotatable bonds is 6. The molecule has 0 aromatic heterocycles. The molecular formula is C13H13ClN2O3S. The molecule has 0 atom stereocenters. The molecule has 0 heterocycles. The van der Waals surface area contributed by atoms with Crippen LogP contribution in [0.4, 0.5) is 5.69 Å². The fraction of sp³-hybridized carbons (Fsp3) is 0.308. The van der Waals surface area contributed by atoms with Crippen LogP contribution in [0.3, 0.4) is 0 Å². The van der Waals surface area contributed by atoms with Crippen LogP contribution >= 0.6 is 23.4 Å². The van der Waals surface area contributed by atoms with Crippen molar-refractivity contribution in [2.24, 2.45) is 0 Å². The van der Waals surface area contributed by atoms with Gasteiger partial charge in [0, 0.05) is 17.9 Å². The molecule has 0 saturated carbocycles. The van der Waals surface area contributed by atoms with Crippen molar-refractivity contribution in [3.05, 3.63) is 28.8 Å². The molecule has 5 nitrogen and oxygen atoms in total. The van der Waals surface area contributed by atoms with E-state index in [1.165, 1.54) is 24.9 Å². The van der Waals surface area contributed by atoms with Crippen LogP contribution in [0.1, 0.15) is 12.0 Å². The average molecular weight is 313 g/mol. The van der Waals surface area contributed by atoms with E-state index < -0.39 is 0 Å². The first-order valence-corrected chi connectivity index (χ1v) is 7.24. The maximum atomic E-state index is 11.6. The fourth-order valence-electron chi connectivity index (χ4n) is 1.29. The number of halogens is 1. The van der Waals surface area contributed by atoms with Crippen molar-refractivity contribution in [3.8, 4) is 6.07 Å². The molecule has 0 aliphatic carbocycles. The van der Waals surface area contributed by atoms with E-state index in [0.29, 0.717) is 22.0 Å². The molecule has 0 bridgehead atoms. The third-order valence-corrected chi connectivity index (χ3v) is 3.54. The summed E-state index contributed by atoms with van der Waals surface area (Å²) < 4.78 is 4.49. The third kappa shape index (κ3) is 5.51. The number of hydrogen-bond acceptors (Lipinski definition) is 5. The second kappa shape index (κ2) is 8.46. The zero-order valence-electron chi connectivity index (χ0n) is 10.8. The predicted octanol–water partition coefficient (Wildman–Crippen LogP) is 2.45. The lowest BCUT2D eigenvalue weighted by molar-refractivity contribution is -0.137. The second-order valence-corrected chi connectivity index (χ2v) is 5.25. The molecule has 0 aliphatic heterocycles. The molecule has 1 aromatic rings. The Kier molecular flexibility index (Phi) is 6.91. The Morgan fingerprint density at radius 2 is 2.25 bits per heavy atom. The van der Waals surface area contributed by atoms with E-state index in [-0.39, 0.29) is 24.1 Å². The lowest BCUT2D eigenvalue weighted by Crippen LogP contribution is -2.13. The highest BCUT2D eigenvalue weighted by Gasteiger charge is 2.06. The summed E-state index contributed by atoms with van der Waals surface area (Å²) in [6.45, 7) is 0. The number of hydrogen-bond donors (Lipinski definition) is 1. The number of ether oxygens (including phenoxy) is 1. The first kappa shape index (κ1) is 16.3. The van der Waals surface area contributed by atoms with E-state index in [4.69, 9.17) is 16.9 Å². The van der Waals surface area contributed by atoms with Gasteiger partial charge in [0.05, 0.1) is 23.4 Å². The number of nitrogens with one attached hydrogen (secondary N) is 1. The highest BCUT2D eigenvalue weighted by atomic mass is 35.5. The summed E-state index contributed by atoms with van der Waals surface area (Å²) >= 11 is 7.19. The Labute approximate surface area is 126 Å². The van der Waals surface area contributed by atoms with Crippen LogP contribution < -0.4 is 5.32 Å². The van der Waals surface area contributed by atoms with Gasteiger partial charge in [0.15, 0.2) is 0 Å². The van der Waals surface area contributed by atoms with E-state index in [9.17, 15) is 9.59 Å². The van der Waals surface area contributed by atoms with Gasteiger partial charge in [-0.3, -0.25) is 9.59 Å². The molecule has 0 aliphatic rings. The maximum absolute atomic E-state index is 11.6.